The molecular formula is C22H26N6O6. The molecule has 34 heavy (non-hydrogen) atoms. The molecule has 2 rings (SSSR count). The van der Waals surface area contributed by atoms with Crippen LogP contribution in [0.15, 0.2) is 53.5 Å². The number of nitrogens with zero attached hydrogens (tertiary/aromatic N) is 1. The molecule has 0 unspecified atom stereocenters. The van der Waals surface area contributed by atoms with Crippen molar-refractivity contribution in [1.29, 1.82) is 0 Å². The van der Waals surface area contributed by atoms with Gasteiger partial charge >= 0.3 is 18.1 Å². The van der Waals surface area contributed by atoms with Gasteiger partial charge in [0.2, 0.25) is 5.96 Å². The molecule has 180 valence electrons. The molecule has 1 atom stereocenters. The highest BCUT2D eigenvalue weighted by atomic mass is 16.6. The van der Waals surface area contributed by atoms with Crippen molar-refractivity contribution in [2.24, 2.45) is 16.5 Å². The summed E-state index contributed by atoms with van der Waals surface area (Å²) in [5.41, 5.74) is 12.3. The van der Waals surface area contributed by atoms with Gasteiger partial charge in [-0.2, -0.15) is 4.99 Å². The normalized spacial score (nSPS) is 11.9. The molecule has 12 heteroatoms. The van der Waals surface area contributed by atoms with Crippen molar-refractivity contribution in [1.82, 2.24) is 5.32 Å². The second-order valence-electron chi connectivity index (χ2n) is 7.39. The van der Waals surface area contributed by atoms with Gasteiger partial charge in [-0.15, -0.1) is 0 Å². The number of amides is 4. The number of carboxylic acids is 1. The number of aliphatic carboxylic acids is 1. The summed E-state index contributed by atoms with van der Waals surface area (Å²) in [5, 5.41) is 17.1. The fraction of sp³-hybridized carbons (Fsp3) is 0.227. The van der Waals surface area contributed by atoms with Crippen LogP contribution in [0.4, 0.5) is 21.0 Å². The lowest BCUT2D eigenvalue weighted by atomic mass is 10.1. The highest BCUT2D eigenvalue weighted by Crippen LogP contribution is 2.15. The summed E-state index contributed by atoms with van der Waals surface area (Å²) in [4.78, 5) is 49.9. The maximum atomic E-state index is 12.6. The third-order valence-electron chi connectivity index (χ3n) is 4.21. The van der Waals surface area contributed by atoms with Crippen LogP contribution < -0.4 is 27.4 Å². The molecule has 0 aromatic heterocycles. The van der Waals surface area contributed by atoms with E-state index in [-0.39, 0.29) is 18.5 Å². The van der Waals surface area contributed by atoms with Gasteiger partial charge in [-0.25, -0.2) is 14.4 Å². The van der Waals surface area contributed by atoms with E-state index in [0.29, 0.717) is 22.5 Å². The number of carboxylic acid groups (broad SMARTS) is 1. The Bertz CT molecular complexity index is 1080. The van der Waals surface area contributed by atoms with Gasteiger partial charge < -0.3 is 37.3 Å². The molecule has 12 nitrogen and oxygen atoms in total. The highest BCUT2D eigenvalue weighted by Gasteiger charge is 2.21. The summed E-state index contributed by atoms with van der Waals surface area (Å²) in [6.45, 7) is 3.31. The lowest BCUT2D eigenvalue weighted by Gasteiger charge is -2.16. The lowest BCUT2D eigenvalue weighted by Crippen LogP contribution is -2.43. The Hall–Kier alpha value is -4.61. The number of urea groups is 1. The van der Waals surface area contributed by atoms with Crippen molar-refractivity contribution in [3.05, 3.63) is 59.7 Å². The summed E-state index contributed by atoms with van der Waals surface area (Å²) < 4.78 is 4.92. The first-order valence-corrected chi connectivity index (χ1v) is 10.1. The van der Waals surface area contributed by atoms with Crippen LogP contribution in [0.2, 0.25) is 0 Å². The average Bonchev–Trinajstić information content (AvgIpc) is 2.73. The van der Waals surface area contributed by atoms with Crippen molar-refractivity contribution < 1.29 is 29.0 Å². The molecule has 4 amide bonds. The van der Waals surface area contributed by atoms with Crippen molar-refractivity contribution in [2.75, 3.05) is 10.6 Å². The number of primary amides is 1. The number of hydrogen-bond acceptors (Lipinski definition) is 5. The maximum Gasteiger partial charge on any atom is 0.408 e. The van der Waals surface area contributed by atoms with Gasteiger partial charge in [0, 0.05) is 23.4 Å². The van der Waals surface area contributed by atoms with Gasteiger partial charge in [-0.3, -0.25) is 4.79 Å². The smallest absolute Gasteiger partial charge is 0.408 e. The number of guanidine groups is 1. The minimum Gasteiger partial charge on any atom is -0.480 e. The third kappa shape index (κ3) is 8.49. The predicted octanol–water partition coefficient (Wildman–Crippen LogP) is 1.87. The van der Waals surface area contributed by atoms with Gasteiger partial charge in [0.15, 0.2) is 0 Å². The van der Waals surface area contributed by atoms with E-state index in [1.807, 2.05) is 0 Å². The Kier molecular flexibility index (Phi) is 8.94. The average molecular weight is 470 g/mol. The fourth-order valence-corrected chi connectivity index (χ4v) is 2.79. The first-order chi connectivity index (χ1) is 16.0. The van der Waals surface area contributed by atoms with E-state index in [4.69, 9.17) is 16.2 Å². The second-order valence-corrected chi connectivity index (χ2v) is 7.39. The summed E-state index contributed by atoms with van der Waals surface area (Å²) in [6.07, 6.45) is -1.17. The Morgan fingerprint density at radius 1 is 1.00 bits per heavy atom. The monoisotopic (exact) mass is 470 g/mol. The molecule has 2 aromatic carbocycles. The molecule has 0 bridgehead atoms. The van der Waals surface area contributed by atoms with Crippen molar-refractivity contribution >= 4 is 41.3 Å². The Labute approximate surface area is 195 Å². The SMILES string of the molecule is CC(C)OC(=O)N[C@@H](Cc1ccc(NC(=O)c2cccc(NC(N)=NC(N)=O)c2)cc1)C(=O)O. The molecule has 0 saturated carbocycles. The molecule has 0 saturated heterocycles. The van der Waals surface area contributed by atoms with E-state index >= 15 is 0 Å². The van der Waals surface area contributed by atoms with Crippen LogP contribution in [0.25, 0.3) is 0 Å². The number of aliphatic imine (C=N–C) groups is 1. The zero-order valence-electron chi connectivity index (χ0n) is 18.6. The number of nitrogens with two attached hydrogens (primary N) is 2. The number of ether oxygens (including phenoxy) is 1. The van der Waals surface area contributed by atoms with Crippen LogP contribution in [0.1, 0.15) is 29.8 Å². The summed E-state index contributed by atoms with van der Waals surface area (Å²) in [5.74, 6) is -1.83. The van der Waals surface area contributed by atoms with E-state index in [9.17, 15) is 24.3 Å². The fourth-order valence-electron chi connectivity index (χ4n) is 2.79. The molecule has 0 aliphatic heterocycles. The van der Waals surface area contributed by atoms with Crippen LogP contribution in [0.5, 0.6) is 0 Å². The number of nitrogens with one attached hydrogen (secondary N) is 3. The largest absolute Gasteiger partial charge is 0.480 e. The summed E-state index contributed by atoms with van der Waals surface area (Å²) in [6, 6.07) is 10.7. The molecule has 0 radical (unpaired) electrons. The molecule has 0 aliphatic rings. The topological polar surface area (TPSA) is 198 Å². The molecule has 0 spiro atoms. The number of alkyl carbamates (subject to hydrolysis) is 1. The van der Waals surface area contributed by atoms with Gasteiger partial charge in [0.05, 0.1) is 6.10 Å². The van der Waals surface area contributed by atoms with E-state index in [1.165, 1.54) is 6.07 Å². The maximum absolute atomic E-state index is 12.6. The minimum atomic E-state index is -1.20. The number of rotatable bonds is 8. The Balaban J connectivity index is 2.02. The van der Waals surface area contributed by atoms with Gasteiger partial charge in [-0.05, 0) is 49.7 Å². The molecule has 2 aromatic rings. The van der Waals surface area contributed by atoms with E-state index in [1.54, 1.807) is 56.3 Å². The molecule has 0 fully saturated rings. The highest BCUT2D eigenvalue weighted by molar-refractivity contribution is 6.06. The summed E-state index contributed by atoms with van der Waals surface area (Å²) in [7, 11) is 0. The Morgan fingerprint density at radius 3 is 2.26 bits per heavy atom. The zero-order valence-corrected chi connectivity index (χ0v) is 18.6. The van der Waals surface area contributed by atoms with Crippen LogP contribution in [0.3, 0.4) is 0 Å². The quantitative estimate of drug-likeness (QED) is 0.248. The van der Waals surface area contributed by atoms with Crippen LogP contribution in [0, 0.1) is 0 Å². The van der Waals surface area contributed by atoms with Crippen LogP contribution in [-0.2, 0) is 16.0 Å². The van der Waals surface area contributed by atoms with Crippen LogP contribution in [-0.4, -0.2) is 47.2 Å². The Morgan fingerprint density at radius 2 is 1.68 bits per heavy atom. The number of anilines is 2. The van der Waals surface area contributed by atoms with Gasteiger partial charge in [0.25, 0.3) is 5.91 Å². The van der Waals surface area contributed by atoms with E-state index < -0.39 is 30.0 Å². The number of carbonyl (C=O) groups excluding carboxylic acids is 3. The van der Waals surface area contributed by atoms with Crippen molar-refractivity contribution in [3.63, 3.8) is 0 Å². The molecule has 0 aliphatic carbocycles. The summed E-state index contributed by atoms with van der Waals surface area (Å²) >= 11 is 0. The van der Waals surface area contributed by atoms with Gasteiger partial charge in [0.1, 0.15) is 6.04 Å². The number of hydrogen-bond donors (Lipinski definition) is 6. The van der Waals surface area contributed by atoms with E-state index in [0.717, 1.165) is 0 Å². The second kappa shape index (κ2) is 11.9. The molecule has 0 heterocycles. The van der Waals surface area contributed by atoms with Crippen molar-refractivity contribution in [2.45, 2.75) is 32.4 Å². The van der Waals surface area contributed by atoms with Crippen molar-refractivity contribution in [3.8, 4) is 0 Å². The van der Waals surface area contributed by atoms with Gasteiger partial charge in [-0.1, -0.05) is 18.2 Å². The standard InChI is InChI=1S/C22H26N6O6/c1-12(2)34-22(33)27-17(19(30)31)10-13-6-8-15(9-7-13)25-18(29)14-4-3-5-16(11-14)26-20(23)28-21(24)32/h3-9,11-12,17H,10H2,1-2H3,(H,25,29)(H,27,33)(H,30,31)(H5,23,24,26,28,32)/t17-/m0/s1. The zero-order chi connectivity index (χ0) is 25.3. The third-order valence-corrected chi connectivity index (χ3v) is 4.21. The molecular weight excluding hydrogens is 444 g/mol. The minimum absolute atomic E-state index is 0.0265. The number of carbonyl (C=O) groups is 4. The van der Waals surface area contributed by atoms with E-state index in [2.05, 4.69) is 20.9 Å². The first kappa shape index (κ1) is 25.6. The first-order valence-electron chi connectivity index (χ1n) is 10.1. The lowest BCUT2D eigenvalue weighted by molar-refractivity contribution is -0.139. The van der Waals surface area contributed by atoms with Crippen LogP contribution >= 0.6 is 0 Å². The number of benzene rings is 2. The predicted molar refractivity (Wildman–Crippen MR) is 126 cm³/mol. The molecule has 8 N–H and O–H groups in total.